The monoisotopic (exact) mass is 449 g/mol. The maximum absolute atomic E-state index is 13.7. The van der Waals surface area contributed by atoms with Gasteiger partial charge >= 0.3 is 0 Å². The van der Waals surface area contributed by atoms with Crippen LogP contribution < -0.4 is 5.32 Å². The quantitative estimate of drug-likeness (QED) is 0.695. The van der Waals surface area contributed by atoms with Gasteiger partial charge in [0.25, 0.3) is 0 Å². The maximum atomic E-state index is 13.7. The lowest BCUT2D eigenvalue weighted by atomic mass is 9.68. The Labute approximate surface area is 198 Å². The van der Waals surface area contributed by atoms with Gasteiger partial charge in [-0.3, -0.25) is 9.78 Å². The number of pyridine rings is 1. The average molecular weight is 450 g/mol. The third-order valence-corrected chi connectivity index (χ3v) is 8.01. The summed E-state index contributed by atoms with van der Waals surface area (Å²) in [4.78, 5) is 20.7. The zero-order valence-electron chi connectivity index (χ0n) is 20.7. The molecule has 2 heterocycles. The molecule has 0 spiro atoms. The molecule has 1 N–H and O–H groups in total. The minimum absolute atomic E-state index is 0.226. The van der Waals surface area contributed by atoms with Crippen LogP contribution in [0.15, 0.2) is 36.7 Å². The largest absolute Gasteiger partial charge is 0.381 e. The molecular formula is C28H39N3O2. The average Bonchev–Trinajstić information content (AvgIpc) is 2.83. The van der Waals surface area contributed by atoms with Crippen molar-refractivity contribution in [3.05, 3.63) is 53.3 Å². The molecule has 4 rings (SSSR count). The first-order valence-corrected chi connectivity index (χ1v) is 12.4. The van der Waals surface area contributed by atoms with Gasteiger partial charge < -0.3 is 15.0 Å². The number of aromatic nitrogens is 1. The molecule has 33 heavy (non-hydrogen) atoms. The van der Waals surface area contributed by atoms with Crippen molar-refractivity contribution in [3.8, 4) is 11.1 Å². The number of aryl methyl sites for hydroxylation is 1. The molecular weight excluding hydrogens is 410 g/mol. The predicted octanol–water partition coefficient (Wildman–Crippen LogP) is 4.69. The van der Waals surface area contributed by atoms with E-state index in [-0.39, 0.29) is 23.5 Å². The highest BCUT2D eigenvalue weighted by atomic mass is 16.5. The van der Waals surface area contributed by atoms with E-state index >= 15 is 0 Å². The molecule has 1 aromatic heterocycles. The SMILES string of the molecule is COC1CCC(Cc2cncc(-c3cccc(C)c3C)c2)(C(=O)NC2CCN(C)CC2)CC1. The fourth-order valence-electron chi connectivity index (χ4n) is 5.54. The molecule has 1 aliphatic carbocycles. The van der Waals surface area contributed by atoms with Crippen LogP contribution in [0.5, 0.6) is 0 Å². The molecule has 1 aromatic carbocycles. The fourth-order valence-corrected chi connectivity index (χ4v) is 5.54. The Morgan fingerprint density at radius 1 is 1.15 bits per heavy atom. The van der Waals surface area contributed by atoms with Crippen LogP contribution in [0.25, 0.3) is 11.1 Å². The zero-order chi connectivity index (χ0) is 23.4. The number of amides is 1. The number of nitrogens with one attached hydrogen (secondary N) is 1. The number of hydrogen-bond acceptors (Lipinski definition) is 4. The Hall–Kier alpha value is -2.24. The van der Waals surface area contributed by atoms with Gasteiger partial charge in [0.2, 0.25) is 5.91 Å². The smallest absolute Gasteiger partial charge is 0.226 e. The Morgan fingerprint density at radius 3 is 2.58 bits per heavy atom. The van der Waals surface area contributed by atoms with Crippen LogP contribution >= 0.6 is 0 Å². The van der Waals surface area contributed by atoms with E-state index in [1.54, 1.807) is 7.11 Å². The summed E-state index contributed by atoms with van der Waals surface area (Å²) >= 11 is 0. The third-order valence-electron chi connectivity index (χ3n) is 8.01. The van der Waals surface area contributed by atoms with Gasteiger partial charge in [-0.1, -0.05) is 18.2 Å². The van der Waals surface area contributed by atoms with Crippen molar-refractivity contribution in [1.29, 1.82) is 0 Å². The molecule has 5 heteroatoms. The lowest BCUT2D eigenvalue weighted by Crippen LogP contribution is -2.51. The highest BCUT2D eigenvalue weighted by Gasteiger charge is 2.42. The van der Waals surface area contributed by atoms with E-state index in [1.807, 2.05) is 12.4 Å². The highest BCUT2D eigenvalue weighted by Crippen LogP contribution is 2.41. The second-order valence-electron chi connectivity index (χ2n) is 10.3. The summed E-state index contributed by atoms with van der Waals surface area (Å²) in [6, 6.07) is 8.93. The van der Waals surface area contributed by atoms with Crippen LogP contribution in [0, 0.1) is 19.3 Å². The summed E-state index contributed by atoms with van der Waals surface area (Å²) in [6.45, 7) is 6.41. The van der Waals surface area contributed by atoms with Gasteiger partial charge in [0.15, 0.2) is 0 Å². The van der Waals surface area contributed by atoms with Gasteiger partial charge in [-0.25, -0.2) is 0 Å². The van der Waals surface area contributed by atoms with Crippen LogP contribution in [0.4, 0.5) is 0 Å². The van der Waals surface area contributed by atoms with E-state index in [1.165, 1.54) is 16.7 Å². The van der Waals surface area contributed by atoms with Crippen molar-refractivity contribution in [2.24, 2.45) is 5.41 Å². The third kappa shape index (κ3) is 5.47. The molecule has 1 saturated heterocycles. The molecule has 0 unspecified atom stereocenters. The molecule has 1 aliphatic heterocycles. The Morgan fingerprint density at radius 2 is 1.88 bits per heavy atom. The van der Waals surface area contributed by atoms with E-state index < -0.39 is 0 Å². The number of methoxy groups -OCH3 is 1. The molecule has 1 saturated carbocycles. The summed E-state index contributed by atoms with van der Waals surface area (Å²) in [6.07, 6.45) is 10.5. The van der Waals surface area contributed by atoms with Crippen molar-refractivity contribution in [2.75, 3.05) is 27.2 Å². The number of rotatable bonds is 6. The van der Waals surface area contributed by atoms with E-state index in [0.29, 0.717) is 0 Å². The summed E-state index contributed by atoms with van der Waals surface area (Å²) < 4.78 is 5.63. The van der Waals surface area contributed by atoms with Crippen LogP contribution in [0.1, 0.15) is 55.2 Å². The molecule has 0 bridgehead atoms. The number of carbonyl (C=O) groups excluding carboxylic acids is 1. The van der Waals surface area contributed by atoms with Crippen molar-refractivity contribution in [3.63, 3.8) is 0 Å². The van der Waals surface area contributed by atoms with Gasteiger partial charge in [0.05, 0.1) is 11.5 Å². The minimum atomic E-state index is -0.389. The number of benzene rings is 1. The Bertz CT molecular complexity index is 957. The van der Waals surface area contributed by atoms with Crippen molar-refractivity contribution in [2.45, 2.75) is 70.9 Å². The van der Waals surface area contributed by atoms with E-state index in [9.17, 15) is 4.79 Å². The van der Waals surface area contributed by atoms with Crippen molar-refractivity contribution in [1.82, 2.24) is 15.2 Å². The second-order valence-corrected chi connectivity index (χ2v) is 10.3. The molecule has 2 fully saturated rings. The standard InChI is InChI=1S/C28H39N3O2/c1-20-6-5-7-26(21(20)2)23-16-22(18-29-19-23)17-28(12-8-25(33-4)9-13-28)27(32)30-24-10-14-31(3)15-11-24/h5-7,16,18-19,24-25H,8-15,17H2,1-4H3,(H,30,32). The number of likely N-dealkylation sites (tertiary alicyclic amines) is 1. The first-order chi connectivity index (χ1) is 15.9. The molecule has 178 valence electrons. The fraction of sp³-hybridized carbons (Fsp3) is 0.571. The maximum Gasteiger partial charge on any atom is 0.226 e. The lowest BCUT2D eigenvalue weighted by Gasteiger charge is -2.40. The number of hydrogen-bond donors (Lipinski definition) is 1. The first-order valence-electron chi connectivity index (χ1n) is 12.4. The van der Waals surface area contributed by atoms with Gasteiger partial charge in [0, 0.05) is 31.1 Å². The number of nitrogens with zero attached hydrogens (tertiary/aromatic N) is 2. The molecule has 0 radical (unpaired) electrons. The van der Waals surface area contributed by atoms with Gasteiger partial charge in [0.1, 0.15) is 0 Å². The topological polar surface area (TPSA) is 54.5 Å². The normalized spacial score (nSPS) is 24.5. The Kier molecular flexibility index (Phi) is 7.50. The zero-order valence-corrected chi connectivity index (χ0v) is 20.7. The van der Waals surface area contributed by atoms with Crippen LogP contribution in [0.3, 0.4) is 0 Å². The van der Waals surface area contributed by atoms with Gasteiger partial charge in [-0.2, -0.15) is 0 Å². The number of ether oxygens (including phenoxy) is 1. The van der Waals surface area contributed by atoms with E-state index in [0.717, 1.165) is 69.2 Å². The summed E-state index contributed by atoms with van der Waals surface area (Å²) in [5.41, 5.74) is 5.67. The van der Waals surface area contributed by atoms with Crippen LogP contribution in [-0.2, 0) is 16.0 Å². The second kappa shape index (κ2) is 10.4. The summed E-state index contributed by atoms with van der Waals surface area (Å²) in [7, 11) is 3.94. The van der Waals surface area contributed by atoms with Crippen LogP contribution in [0.2, 0.25) is 0 Å². The van der Waals surface area contributed by atoms with Crippen molar-refractivity contribution >= 4 is 5.91 Å². The van der Waals surface area contributed by atoms with Crippen molar-refractivity contribution < 1.29 is 9.53 Å². The molecule has 5 nitrogen and oxygen atoms in total. The number of carbonyl (C=O) groups is 1. The van der Waals surface area contributed by atoms with Gasteiger partial charge in [-0.15, -0.1) is 0 Å². The lowest BCUT2D eigenvalue weighted by molar-refractivity contribution is -0.135. The van der Waals surface area contributed by atoms with E-state index in [4.69, 9.17) is 4.74 Å². The molecule has 2 aromatic rings. The summed E-state index contributed by atoms with van der Waals surface area (Å²) in [5, 5.41) is 3.44. The van der Waals surface area contributed by atoms with Gasteiger partial charge in [-0.05, 0) is 107 Å². The first kappa shape index (κ1) is 23.9. The van der Waals surface area contributed by atoms with E-state index in [2.05, 4.69) is 60.4 Å². The minimum Gasteiger partial charge on any atom is -0.381 e. The summed E-state index contributed by atoms with van der Waals surface area (Å²) in [5.74, 6) is 0.226. The van der Waals surface area contributed by atoms with Crippen LogP contribution in [-0.4, -0.2) is 55.2 Å². The predicted molar refractivity (Wildman–Crippen MR) is 133 cm³/mol. The highest BCUT2D eigenvalue weighted by molar-refractivity contribution is 5.83. The molecule has 0 atom stereocenters. The molecule has 1 amide bonds. The molecule has 2 aliphatic rings. The Balaban J connectivity index is 1.57. The number of piperidine rings is 1.